The SMILES string of the molecule is COCc1ccccc1NC(=O)c1cccc(O)c1. The van der Waals surface area contributed by atoms with Gasteiger partial charge in [0.05, 0.1) is 6.61 Å². The second kappa shape index (κ2) is 6.02. The lowest BCUT2D eigenvalue weighted by molar-refractivity contribution is 0.102. The van der Waals surface area contributed by atoms with Gasteiger partial charge in [0.1, 0.15) is 5.75 Å². The number of ether oxygens (including phenoxy) is 1. The molecule has 0 radical (unpaired) electrons. The van der Waals surface area contributed by atoms with E-state index in [-0.39, 0.29) is 11.7 Å². The molecule has 0 saturated heterocycles. The smallest absolute Gasteiger partial charge is 0.255 e. The van der Waals surface area contributed by atoms with E-state index in [9.17, 15) is 9.90 Å². The van der Waals surface area contributed by atoms with Crippen molar-refractivity contribution in [2.24, 2.45) is 0 Å². The van der Waals surface area contributed by atoms with E-state index in [0.29, 0.717) is 17.9 Å². The molecule has 0 fully saturated rings. The summed E-state index contributed by atoms with van der Waals surface area (Å²) in [5, 5.41) is 12.2. The first-order chi connectivity index (χ1) is 9.20. The van der Waals surface area contributed by atoms with Crippen molar-refractivity contribution in [3.63, 3.8) is 0 Å². The summed E-state index contributed by atoms with van der Waals surface area (Å²) >= 11 is 0. The maximum Gasteiger partial charge on any atom is 0.255 e. The lowest BCUT2D eigenvalue weighted by Crippen LogP contribution is -2.13. The Labute approximate surface area is 111 Å². The quantitative estimate of drug-likeness (QED) is 0.885. The summed E-state index contributed by atoms with van der Waals surface area (Å²) < 4.78 is 5.08. The van der Waals surface area contributed by atoms with E-state index in [1.165, 1.54) is 12.1 Å². The monoisotopic (exact) mass is 257 g/mol. The van der Waals surface area contributed by atoms with Crippen molar-refractivity contribution in [2.75, 3.05) is 12.4 Å². The Bertz CT molecular complexity index is 581. The molecule has 2 aromatic rings. The van der Waals surface area contributed by atoms with Crippen LogP contribution in [0.1, 0.15) is 15.9 Å². The number of nitrogens with one attached hydrogen (secondary N) is 1. The van der Waals surface area contributed by atoms with Gasteiger partial charge in [0.25, 0.3) is 5.91 Å². The number of hydrogen-bond donors (Lipinski definition) is 2. The van der Waals surface area contributed by atoms with E-state index in [1.807, 2.05) is 24.3 Å². The number of carbonyl (C=O) groups is 1. The number of amides is 1. The largest absolute Gasteiger partial charge is 0.508 e. The zero-order valence-electron chi connectivity index (χ0n) is 10.6. The molecule has 0 aromatic heterocycles. The zero-order valence-corrected chi connectivity index (χ0v) is 10.6. The van der Waals surface area contributed by atoms with Gasteiger partial charge in [0.2, 0.25) is 0 Å². The number of hydrogen-bond acceptors (Lipinski definition) is 3. The van der Waals surface area contributed by atoms with Crippen molar-refractivity contribution in [1.29, 1.82) is 0 Å². The van der Waals surface area contributed by atoms with Gasteiger partial charge in [0.15, 0.2) is 0 Å². The fourth-order valence-corrected chi connectivity index (χ4v) is 1.77. The van der Waals surface area contributed by atoms with Crippen LogP contribution in [-0.2, 0) is 11.3 Å². The highest BCUT2D eigenvalue weighted by molar-refractivity contribution is 6.04. The molecule has 0 spiro atoms. The van der Waals surface area contributed by atoms with Crippen LogP contribution in [0.4, 0.5) is 5.69 Å². The molecule has 0 bridgehead atoms. The number of rotatable bonds is 4. The fourth-order valence-electron chi connectivity index (χ4n) is 1.77. The second-order valence-electron chi connectivity index (χ2n) is 4.09. The normalized spacial score (nSPS) is 10.2. The van der Waals surface area contributed by atoms with E-state index in [1.54, 1.807) is 19.2 Å². The molecule has 4 nitrogen and oxygen atoms in total. The molecule has 98 valence electrons. The number of aromatic hydroxyl groups is 1. The highest BCUT2D eigenvalue weighted by Crippen LogP contribution is 2.18. The van der Waals surface area contributed by atoms with E-state index in [4.69, 9.17) is 4.74 Å². The van der Waals surface area contributed by atoms with Gasteiger partial charge in [-0.1, -0.05) is 24.3 Å². The molecule has 4 heteroatoms. The Kier molecular flexibility index (Phi) is 4.15. The van der Waals surface area contributed by atoms with Gasteiger partial charge < -0.3 is 15.2 Å². The average Bonchev–Trinajstić information content (AvgIpc) is 2.41. The highest BCUT2D eigenvalue weighted by atomic mass is 16.5. The molecule has 0 saturated carbocycles. The standard InChI is InChI=1S/C15H15NO3/c1-19-10-12-5-2-3-8-14(12)16-15(18)11-6-4-7-13(17)9-11/h2-9,17H,10H2,1H3,(H,16,18). The Morgan fingerprint density at radius 3 is 2.74 bits per heavy atom. The molecule has 2 aromatic carbocycles. The minimum absolute atomic E-state index is 0.0674. The Balaban J connectivity index is 2.19. The summed E-state index contributed by atoms with van der Waals surface area (Å²) in [6.07, 6.45) is 0. The summed E-state index contributed by atoms with van der Waals surface area (Å²) in [7, 11) is 1.60. The summed E-state index contributed by atoms with van der Waals surface area (Å²) in [6.45, 7) is 0.427. The van der Waals surface area contributed by atoms with Crippen molar-refractivity contribution in [2.45, 2.75) is 6.61 Å². The second-order valence-corrected chi connectivity index (χ2v) is 4.09. The number of methoxy groups -OCH3 is 1. The predicted molar refractivity (Wildman–Crippen MR) is 73.2 cm³/mol. The molecule has 2 rings (SSSR count). The van der Waals surface area contributed by atoms with Gasteiger partial charge in [-0.15, -0.1) is 0 Å². The maximum absolute atomic E-state index is 12.1. The van der Waals surface area contributed by atoms with Crippen molar-refractivity contribution < 1.29 is 14.6 Å². The first-order valence-electron chi connectivity index (χ1n) is 5.88. The summed E-state index contributed by atoms with van der Waals surface area (Å²) in [4.78, 5) is 12.1. The molecule has 0 aliphatic heterocycles. The molecule has 1 amide bonds. The molecule has 19 heavy (non-hydrogen) atoms. The number of benzene rings is 2. The number of phenolic OH excluding ortho intramolecular Hbond substituents is 1. The number of para-hydroxylation sites is 1. The highest BCUT2D eigenvalue weighted by Gasteiger charge is 2.09. The van der Waals surface area contributed by atoms with Gasteiger partial charge >= 0.3 is 0 Å². The summed E-state index contributed by atoms with van der Waals surface area (Å²) in [6, 6.07) is 13.7. The van der Waals surface area contributed by atoms with Crippen LogP contribution >= 0.6 is 0 Å². The van der Waals surface area contributed by atoms with Crippen LogP contribution in [0.5, 0.6) is 5.75 Å². The predicted octanol–water partition coefficient (Wildman–Crippen LogP) is 2.79. The van der Waals surface area contributed by atoms with Crippen LogP contribution in [0.2, 0.25) is 0 Å². The van der Waals surface area contributed by atoms with Gasteiger partial charge in [0, 0.05) is 23.9 Å². The molecule has 0 aliphatic carbocycles. The molecule has 0 aliphatic rings. The Morgan fingerprint density at radius 2 is 2.00 bits per heavy atom. The molecular formula is C15H15NO3. The van der Waals surface area contributed by atoms with Crippen LogP contribution in [0, 0.1) is 0 Å². The topological polar surface area (TPSA) is 58.6 Å². The number of carbonyl (C=O) groups excluding carboxylic acids is 1. The van der Waals surface area contributed by atoms with Crippen molar-refractivity contribution >= 4 is 11.6 Å². The average molecular weight is 257 g/mol. The number of phenols is 1. The van der Waals surface area contributed by atoms with Gasteiger partial charge in [-0.2, -0.15) is 0 Å². The minimum Gasteiger partial charge on any atom is -0.508 e. The van der Waals surface area contributed by atoms with Crippen molar-refractivity contribution in [3.05, 3.63) is 59.7 Å². The van der Waals surface area contributed by atoms with Gasteiger partial charge in [-0.25, -0.2) is 0 Å². The third-order valence-corrected chi connectivity index (χ3v) is 2.67. The van der Waals surface area contributed by atoms with E-state index < -0.39 is 0 Å². The first kappa shape index (κ1) is 13.1. The van der Waals surface area contributed by atoms with Crippen molar-refractivity contribution in [1.82, 2.24) is 0 Å². The number of anilines is 1. The van der Waals surface area contributed by atoms with Gasteiger partial charge in [-0.3, -0.25) is 4.79 Å². The van der Waals surface area contributed by atoms with Crippen LogP contribution in [-0.4, -0.2) is 18.1 Å². The Morgan fingerprint density at radius 1 is 1.21 bits per heavy atom. The van der Waals surface area contributed by atoms with Crippen LogP contribution in [0.25, 0.3) is 0 Å². The molecule has 2 N–H and O–H groups in total. The van der Waals surface area contributed by atoms with E-state index >= 15 is 0 Å². The maximum atomic E-state index is 12.1. The lowest BCUT2D eigenvalue weighted by atomic mass is 10.1. The first-order valence-corrected chi connectivity index (χ1v) is 5.88. The third kappa shape index (κ3) is 3.33. The minimum atomic E-state index is -0.264. The van der Waals surface area contributed by atoms with E-state index in [0.717, 1.165) is 5.56 Å². The zero-order chi connectivity index (χ0) is 13.7. The summed E-state index contributed by atoms with van der Waals surface area (Å²) in [5.41, 5.74) is 2.02. The third-order valence-electron chi connectivity index (χ3n) is 2.67. The van der Waals surface area contributed by atoms with E-state index in [2.05, 4.69) is 5.32 Å². The molecule has 0 heterocycles. The molecule has 0 unspecified atom stereocenters. The lowest BCUT2D eigenvalue weighted by Gasteiger charge is -2.10. The van der Waals surface area contributed by atoms with Crippen LogP contribution in [0.15, 0.2) is 48.5 Å². The fraction of sp³-hybridized carbons (Fsp3) is 0.133. The van der Waals surface area contributed by atoms with Crippen molar-refractivity contribution in [3.8, 4) is 5.75 Å². The van der Waals surface area contributed by atoms with Crippen LogP contribution < -0.4 is 5.32 Å². The van der Waals surface area contributed by atoms with Gasteiger partial charge in [-0.05, 0) is 24.3 Å². The van der Waals surface area contributed by atoms with Crippen LogP contribution in [0.3, 0.4) is 0 Å². The Hall–Kier alpha value is -2.33. The summed E-state index contributed by atoms with van der Waals surface area (Å²) in [5.74, 6) is -0.197. The molecular weight excluding hydrogens is 242 g/mol. The molecule has 0 atom stereocenters.